The lowest BCUT2D eigenvalue weighted by molar-refractivity contribution is -0.139. The minimum Gasteiger partial charge on any atom is -0.352 e. The van der Waals surface area contributed by atoms with Gasteiger partial charge in [-0.25, -0.2) is 0 Å². The molecule has 0 heterocycles. The van der Waals surface area contributed by atoms with E-state index in [1.807, 2.05) is 42.5 Å². The first kappa shape index (κ1) is 28.5. The van der Waals surface area contributed by atoms with Gasteiger partial charge in [0.2, 0.25) is 11.8 Å². The zero-order valence-corrected chi connectivity index (χ0v) is 24.0. The van der Waals surface area contributed by atoms with Gasteiger partial charge in [-0.05, 0) is 48.6 Å². The van der Waals surface area contributed by atoms with Crippen molar-refractivity contribution in [2.45, 2.75) is 63.4 Å². The highest BCUT2D eigenvalue weighted by Crippen LogP contribution is 2.28. The average Bonchev–Trinajstić information content (AvgIpc) is 3.42. The van der Waals surface area contributed by atoms with E-state index in [1.165, 1.54) is 11.1 Å². The first-order valence-electron chi connectivity index (χ1n) is 13.1. The molecule has 1 atom stereocenters. The number of hydrogen-bond acceptors (Lipinski definition) is 3. The normalized spacial score (nSPS) is 14.3. The van der Waals surface area contributed by atoms with E-state index in [9.17, 15) is 9.59 Å². The van der Waals surface area contributed by atoms with Crippen molar-refractivity contribution in [1.82, 2.24) is 10.2 Å². The number of amides is 2. The summed E-state index contributed by atoms with van der Waals surface area (Å²) in [6, 6.07) is 22.8. The SMILES string of the molecule is Cc1ccccc1CSCC(=O)N(Cc1c(Cl)cccc1Cl)[C@H](Cc1ccccc1)C(=O)NC1CCCC1. The van der Waals surface area contributed by atoms with E-state index in [0.29, 0.717) is 22.0 Å². The quantitative estimate of drug-likeness (QED) is 0.265. The minimum atomic E-state index is -0.683. The van der Waals surface area contributed by atoms with Crippen molar-refractivity contribution in [3.8, 4) is 0 Å². The fourth-order valence-electron chi connectivity index (χ4n) is 4.88. The Morgan fingerprint density at radius 3 is 2.29 bits per heavy atom. The van der Waals surface area contributed by atoms with Gasteiger partial charge in [-0.2, -0.15) is 0 Å². The van der Waals surface area contributed by atoms with Crippen molar-refractivity contribution in [3.05, 3.63) is 105 Å². The Kier molecular flexibility index (Phi) is 10.6. The van der Waals surface area contributed by atoms with E-state index < -0.39 is 6.04 Å². The number of nitrogens with zero attached hydrogens (tertiary/aromatic N) is 1. The van der Waals surface area contributed by atoms with Crippen molar-refractivity contribution >= 4 is 46.8 Å². The Morgan fingerprint density at radius 2 is 1.61 bits per heavy atom. The molecule has 0 spiro atoms. The van der Waals surface area contributed by atoms with Crippen LogP contribution < -0.4 is 5.32 Å². The highest BCUT2D eigenvalue weighted by Gasteiger charge is 2.32. The molecule has 4 nitrogen and oxygen atoms in total. The third-order valence-corrected chi connectivity index (χ3v) is 8.78. The van der Waals surface area contributed by atoms with Gasteiger partial charge in [0.05, 0.1) is 5.75 Å². The third kappa shape index (κ3) is 7.78. The van der Waals surface area contributed by atoms with Crippen LogP contribution in [0.3, 0.4) is 0 Å². The number of nitrogens with one attached hydrogen (secondary N) is 1. The molecule has 1 saturated carbocycles. The van der Waals surface area contributed by atoms with Gasteiger partial charge in [0.1, 0.15) is 6.04 Å². The van der Waals surface area contributed by atoms with E-state index in [-0.39, 0.29) is 30.2 Å². The van der Waals surface area contributed by atoms with E-state index >= 15 is 0 Å². The van der Waals surface area contributed by atoms with Crippen LogP contribution in [0.1, 0.15) is 47.9 Å². The molecular weight excluding hydrogens is 535 g/mol. The van der Waals surface area contributed by atoms with Crippen LogP contribution in [0.2, 0.25) is 10.0 Å². The molecule has 0 bridgehead atoms. The molecule has 4 rings (SSSR count). The standard InChI is InChI=1S/C31H34Cl2N2O2S/c1-22-10-5-6-13-24(22)20-38-21-30(36)35(19-26-27(32)16-9-17-28(26)33)29(18-23-11-3-2-4-12-23)31(37)34-25-14-7-8-15-25/h2-6,9-13,16-17,25,29H,7-8,14-15,18-21H2,1H3,(H,34,37)/t29-/m1/s1. The van der Waals surface area contributed by atoms with E-state index in [0.717, 1.165) is 37.0 Å². The Labute approximate surface area is 240 Å². The number of carbonyl (C=O) groups excluding carboxylic acids is 2. The Morgan fingerprint density at radius 1 is 0.947 bits per heavy atom. The van der Waals surface area contributed by atoms with Crippen molar-refractivity contribution in [2.24, 2.45) is 0 Å². The summed E-state index contributed by atoms with van der Waals surface area (Å²) in [5, 5.41) is 4.20. The highest BCUT2D eigenvalue weighted by molar-refractivity contribution is 7.99. The lowest BCUT2D eigenvalue weighted by Gasteiger charge is -2.33. The minimum absolute atomic E-state index is 0.109. The summed E-state index contributed by atoms with van der Waals surface area (Å²) < 4.78 is 0. The molecule has 7 heteroatoms. The molecule has 3 aromatic rings. The number of hydrogen-bond donors (Lipinski definition) is 1. The molecule has 3 aromatic carbocycles. The van der Waals surface area contributed by atoms with Gasteiger partial charge in [-0.3, -0.25) is 9.59 Å². The summed E-state index contributed by atoms with van der Waals surface area (Å²) in [4.78, 5) is 29.3. The van der Waals surface area contributed by atoms with Gasteiger partial charge >= 0.3 is 0 Å². The first-order chi connectivity index (χ1) is 18.4. The van der Waals surface area contributed by atoms with Crippen molar-refractivity contribution < 1.29 is 9.59 Å². The molecule has 0 aliphatic heterocycles. The summed E-state index contributed by atoms with van der Waals surface area (Å²) in [5.74, 6) is 0.734. The maximum Gasteiger partial charge on any atom is 0.243 e. The molecule has 1 aliphatic carbocycles. The molecule has 2 amide bonds. The second kappa shape index (κ2) is 14.1. The van der Waals surface area contributed by atoms with E-state index in [4.69, 9.17) is 23.2 Å². The molecule has 0 saturated heterocycles. The van der Waals surface area contributed by atoms with Crippen molar-refractivity contribution in [3.63, 3.8) is 0 Å². The predicted molar refractivity (Wildman–Crippen MR) is 159 cm³/mol. The fraction of sp³-hybridized carbons (Fsp3) is 0.355. The zero-order valence-electron chi connectivity index (χ0n) is 21.7. The average molecular weight is 570 g/mol. The molecule has 1 N–H and O–H groups in total. The zero-order chi connectivity index (χ0) is 26.9. The number of aryl methyl sites for hydroxylation is 1. The van der Waals surface area contributed by atoms with Crippen LogP contribution in [0.5, 0.6) is 0 Å². The predicted octanol–water partition coefficient (Wildman–Crippen LogP) is 7.23. The third-order valence-electron chi connectivity index (χ3n) is 7.11. The summed E-state index contributed by atoms with van der Waals surface area (Å²) in [6.07, 6.45) is 4.58. The molecule has 38 heavy (non-hydrogen) atoms. The Bertz CT molecular complexity index is 1210. The van der Waals surface area contributed by atoms with E-state index in [2.05, 4.69) is 24.4 Å². The monoisotopic (exact) mass is 568 g/mol. The number of rotatable bonds is 11. The summed E-state index contributed by atoms with van der Waals surface area (Å²) >= 11 is 14.6. The molecule has 1 fully saturated rings. The molecule has 0 unspecified atom stereocenters. The lowest BCUT2D eigenvalue weighted by atomic mass is 10.0. The maximum absolute atomic E-state index is 13.9. The Balaban J connectivity index is 1.61. The van der Waals surface area contributed by atoms with Gasteiger partial charge < -0.3 is 10.2 Å². The summed E-state index contributed by atoms with van der Waals surface area (Å²) in [7, 11) is 0. The van der Waals surface area contributed by atoms with Crippen LogP contribution in [0.15, 0.2) is 72.8 Å². The Hall–Kier alpha value is -2.47. The molecular formula is C31H34Cl2N2O2S. The van der Waals surface area contributed by atoms with Crippen molar-refractivity contribution in [1.29, 1.82) is 0 Å². The summed E-state index contributed by atoms with van der Waals surface area (Å²) in [6.45, 7) is 2.24. The van der Waals surface area contributed by atoms with Crippen LogP contribution in [-0.2, 0) is 28.3 Å². The number of thioether (sulfide) groups is 1. The summed E-state index contributed by atoms with van der Waals surface area (Å²) in [5.41, 5.74) is 4.05. The van der Waals surface area contributed by atoms with Crippen LogP contribution in [-0.4, -0.2) is 34.6 Å². The van der Waals surface area contributed by atoms with Gasteiger partial charge in [0, 0.05) is 40.4 Å². The van der Waals surface area contributed by atoms with Gasteiger partial charge in [0.25, 0.3) is 0 Å². The molecule has 1 aliphatic rings. The largest absolute Gasteiger partial charge is 0.352 e. The van der Waals surface area contributed by atoms with Gasteiger partial charge in [0.15, 0.2) is 0 Å². The van der Waals surface area contributed by atoms with Crippen LogP contribution in [0.25, 0.3) is 0 Å². The number of benzene rings is 3. The van der Waals surface area contributed by atoms with Gasteiger partial charge in [-0.1, -0.05) is 96.7 Å². The van der Waals surface area contributed by atoms with Crippen LogP contribution in [0.4, 0.5) is 0 Å². The topological polar surface area (TPSA) is 49.4 Å². The van der Waals surface area contributed by atoms with Crippen LogP contribution >= 0.6 is 35.0 Å². The molecule has 0 aromatic heterocycles. The number of halogens is 2. The smallest absolute Gasteiger partial charge is 0.243 e. The second-order valence-corrected chi connectivity index (χ2v) is 11.6. The molecule has 200 valence electrons. The maximum atomic E-state index is 13.9. The lowest BCUT2D eigenvalue weighted by Crippen LogP contribution is -2.52. The van der Waals surface area contributed by atoms with Crippen molar-refractivity contribution in [2.75, 3.05) is 5.75 Å². The van der Waals surface area contributed by atoms with Gasteiger partial charge in [-0.15, -0.1) is 11.8 Å². The van der Waals surface area contributed by atoms with Crippen LogP contribution in [0, 0.1) is 6.92 Å². The molecule has 0 radical (unpaired) electrons. The highest BCUT2D eigenvalue weighted by atomic mass is 35.5. The number of carbonyl (C=O) groups is 2. The van der Waals surface area contributed by atoms with E-state index in [1.54, 1.807) is 34.9 Å². The second-order valence-electron chi connectivity index (χ2n) is 9.84. The first-order valence-corrected chi connectivity index (χ1v) is 15.0. The fourth-order valence-corrected chi connectivity index (χ4v) is 6.38.